The number of halogens is 4. The maximum atomic E-state index is 13.3. The molecule has 0 saturated carbocycles. The first-order valence-corrected chi connectivity index (χ1v) is 8.92. The molecule has 11 heteroatoms. The molecule has 1 aromatic heterocycles. The summed E-state index contributed by atoms with van der Waals surface area (Å²) in [6, 6.07) is 3.38. The Kier molecular flexibility index (Phi) is 5.28. The Hall–Kier alpha value is -3.42. The van der Waals surface area contributed by atoms with E-state index in [-0.39, 0.29) is 18.8 Å². The van der Waals surface area contributed by atoms with E-state index in [9.17, 15) is 27.2 Å². The molecule has 0 bridgehead atoms. The zero-order valence-corrected chi connectivity index (χ0v) is 16.1. The largest absolute Gasteiger partial charge is 0.417 e. The fourth-order valence-electron chi connectivity index (χ4n) is 3.29. The number of urea groups is 1. The highest BCUT2D eigenvalue weighted by molar-refractivity contribution is 6.23. The van der Waals surface area contributed by atoms with Crippen LogP contribution in [0.1, 0.15) is 31.4 Å². The Balaban J connectivity index is 1.85. The van der Waals surface area contributed by atoms with Crippen LogP contribution in [0.5, 0.6) is 0 Å². The van der Waals surface area contributed by atoms with Crippen molar-refractivity contribution in [3.63, 3.8) is 0 Å². The number of anilines is 1. The number of nitriles is 1. The van der Waals surface area contributed by atoms with E-state index in [1.165, 1.54) is 35.7 Å². The number of benzene rings is 1. The van der Waals surface area contributed by atoms with Crippen molar-refractivity contribution in [1.29, 1.82) is 5.26 Å². The quantitative estimate of drug-likeness (QED) is 0.544. The summed E-state index contributed by atoms with van der Waals surface area (Å²) in [6.07, 6.45) is -2.25. The van der Waals surface area contributed by atoms with Crippen LogP contribution in [0.2, 0.25) is 0 Å². The minimum absolute atomic E-state index is 0.109. The summed E-state index contributed by atoms with van der Waals surface area (Å²) in [5.41, 5.74) is -3.38. The summed E-state index contributed by atoms with van der Waals surface area (Å²) in [5.74, 6) is -1.19. The number of rotatable bonds is 5. The molecule has 0 atom stereocenters. The third kappa shape index (κ3) is 3.72. The number of carbonyl (C=O) groups excluding carboxylic acids is 2. The maximum absolute atomic E-state index is 13.3. The van der Waals surface area contributed by atoms with E-state index in [0.717, 1.165) is 18.3 Å². The van der Waals surface area contributed by atoms with E-state index in [1.807, 2.05) is 0 Å². The summed E-state index contributed by atoms with van der Waals surface area (Å²) in [6.45, 7) is 3.38. The van der Waals surface area contributed by atoms with Gasteiger partial charge in [-0.1, -0.05) is 0 Å². The van der Waals surface area contributed by atoms with Crippen molar-refractivity contribution in [3.05, 3.63) is 47.5 Å². The van der Waals surface area contributed by atoms with Crippen LogP contribution in [0.4, 0.5) is 28.0 Å². The molecule has 1 fully saturated rings. The molecular formula is C19H17F4N5O2. The molecule has 3 amide bonds. The molecule has 2 aromatic rings. The summed E-state index contributed by atoms with van der Waals surface area (Å²) in [7, 11) is 0. The summed E-state index contributed by atoms with van der Waals surface area (Å²) in [4.78, 5) is 27.7. The van der Waals surface area contributed by atoms with Gasteiger partial charge in [0, 0.05) is 13.1 Å². The fourth-order valence-corrected chi connectivity index (χ4v) is 3.29. The summed E-state index contributed by atoms with van der Waals surface area (Å²) < 4.78 is 54.2. The first-order chi connectivity index (χ1) is 14.0. The van der Waals surface area contributed by atoms with Crippen molar-refractivity contribution in [3.8, 4) is 6.07 Å². The highest BCUT2D eigenvalue weighted by Gasteiger charge is 2.51. The molecule has 0 radical (unpaired) electrons. The molecule has 0 aliphatic carbocycles. The molecule has 1 aliphatic heterocycles. The first-order valence-electron chi connectivity index (χ1n) is 8.92. The Morgan fingerprint density at radius 3 is 2.47 bits per heavy atom. The monoisotopic (exact) mass is 423 g/mol. The molecule has 3 rings (SSSR count). The van der Waals surface area contributed by atoms with Crippen molar-refractivity contribution >= 4 is 17.6 Å². The smallest absolute Gasteiger partial charge is 0.310 e. The normalized spacial score (nSPS) is 16.3. The zero-order chi connectivity index (χ0) is 22.3. The molecule has 0 spiro atoms. The highest BCUT2D eigenvalue weighted by atomic mass is 19.4. The standard InChI is InChI=1S/C19H17F4N5O2/c1-18(2)16(29)28(14-5-4-12(9-24)15(8-14)19(21,22)23)17(30)27(18)7-3-6-26-11-13(20)10-25-26/h4-5,8,10-11H,3,6-7H2,1-2H3. The van der Waals surface area contributed by atoms with Gasteiger partial charge in [-0.2, -0.15) is 23.5 Å². The van der Waals surface area contributed by atoms with E-state index in [1.54, 1.807) is 0 Å². The van der Waals surface area contributed by atoms with Gasteiger partial charge < -0.3 is 4.90 Å². The van der Waals surface area contributed by atoms with Crippen molar-refractivity contribution in [1.82, 2.24) is 14.7 Å². The van der Waals surface area contributed by atoms with Crippen LogP contribution in [0.3, 0.4) is 0 Å². The Morgan fingerprint density at radius 2 is 1.90 bits per heavy atom. The third-order valence-electron chi connectivity index (χ3n) is 4.88. The number of hydrogen-bond donors (Lipinski definition) is 0. The lowest BCUT2D eigenvalue weighted by Crippen LogP contribution is -2.44. The number of carbonyl (C=O) groups is 2. The second-order valence-electron chi connectivity index (χ2n) is 7.25. The third-order valence-corrected chi connectivity index (χ3v) is 4.88. The van der Waals surface area contributed by atoms with E-state index < -0.39 is 40.6 Å². The highest BCUT2D eigenvalue weighted by Crippen LogP contribution is 2.37. The molecule has 1 aromatic carbocycles. The van der Waals surface area contributed by atoms with Gasteiger partial charge in [0.1, 0.15) is 5.54 Å². The molecular weight excluding hydrogens is 406 g/mol. The van der Waals surface area contributed by atoms with E-state index in [0.29, 0.717) is 17.4 Å². The van der Waals surface area contributed by atoms with Gasteiger partial charge >= 0.3 is 12.2 Å². The fraction of sp³-hybridized carbons (Fsp3) is 0.368. The van der Waals surface area contributed by atoms with Crippen molar-refractivity contribution in [2.24, 2.45) is 0 Å². The lowest BCUT2D eigenvalue weighted by atomic mass is 10.0. The lowest BCUT2D eigenvalue weighted by molar-refractivity contribution is -0.137. The summed E-state index contributed by atoms with van der Waals surface area (Å²) >= 11 is 0. The van der Waals surface area contributed by atoms with Crippen LogP contribution < -0.4 is 4.90 Å². The Bertz CT molecular complexity index is 1040. The van der Waals surface area contributed by atoms with E-state index in [4.69, 9.17) is 5.26 Å². The van der Waals surface area contributed by atoms with Gasteiger partial charge in [0.2, 0.25) is 0 Å². The average molecular weight is 423 g/mol. The zero-order valence-electron chi connectivity index (χ0n) is 16.1. The second-order valence-corrected chi connectivity index (χ2v) is 7.25. The molecule has 158 valence electrons. The number of aryl methyl sites for hydroxylation is 1. The molecule has 1 aliphatic rings. The Labute approximate surface area is 169 Å². The second kappa shape index (κ2) is 7.44. The number of aromatic nitrogens is 2. The van der Waals surface area contributed by atoms with Gasteiger partial charge in [0.25, 0.3) is 5.91 Å². The number of hydrogen-bond acceptors (Lipinski definition) is 4. The first kappa shape index (κ1) is 21.3. The predicted octanol–water partition coefficient (Wildman–Crippen LogP) is 3.55. The number of nitrogens with zero attached hydrogens (tertiary/aromatic N) is 5. The van der Waals surface area contributed by atoms with Crippen LogP contribution in [0.25, 0.3) is 0 Å². The van der Waals surface area contributed by atoms with E-state index >= 15 is 0 Å². The number of imide groups is 1. The SMILES string of the molecule is CC1(C)C(=O)N(c2ccc(C#N)c(C(F)(F)F)c2)C(=O)N1CCCn1cc(F)cn1. The Morgan fingerprint density at radius 1 is 1.20 bits per heavy atom. The minimum Gasteiger partial charge on any atom is -0.310 e. The molecule has 7 nitrogen and oxygen atoms in total. The molecule has 2 heterocycles. The average Bonchev–Trinajstić information content (AvgIpc) is 3.15. The molecule has 30 heavy (non-hydrogen) atoms. The lowest BCUT2D eigenvalue weighted by Gasteiger charge is -2.27. The van der Waals surface area contributed by atoms with Gasteiger partial charge in [-0.05, 0) is 38.5 Å². The molecule has 1 saturated heterocycles. The van der Waals surface area contributed by atoms with Gasteiger partial charge in [-0.3, -0.25) is 9.48 Å². The van der Waals surface area contributed by atoms with Crippen LogP contribution in [-0.2, 0) is 17.5 Å². The van der Waals surface area contributed by atoms with Gasteiger partial charge in [-0.15, -0.1) is 0 Å². The maximum Gasteiger partial charge on any atom is 0.417 e. The number of alkyl halides is 3. The van der Waals surface area contributed by atoms with Crippen molar-refractivity contribution in [2.45, 2.75) is 38.5 Å². The van der Waals surface area contributed by atoms with Crippen LogP contribution in [0.15, 0.2) is 30.6 Å². The van der Waals surface area contributed by atoms with E-state index in [2.05, 4.69) is 5.10 Å². The van der Waals surface area contributed by atoms with Crippen LogP contribution >= 0.6 is 0 Å². The predicted molar refractivity (Wildman–Crippen MR) is 96.6 cm³/mol. The minimum atomic E-state index is -4.82. The molecule has 0 unspecified atom stereocenters. The van der Waals surface area contributed by atoms with Gasteiger partial charge in [-0.25, -0.2) is 14.1 Å². The van der Waals surface area contributed by atoms with Crippen molar-refractivity contribution < 1.29 is 27.2 Å². The van der Waals surface area contributed by atoms with Crippen LogP contribution in [0, 0.1) is 17.1 Å². The van der Waals surface area contributed by atoms with Crippen molar-refractivity contribution in [2.75, 3.05) is 11.4 Å². The molecule has 0 N–H and O–H groups in total. The van der Waals surface area contributed by atoms with Gasteiger partial charge in [0.05, 0.1) is 35.3 Å². The number of amides is 3. The topological polar surface area (TPSA) is 82.2 Å². The summed E-state index contributed by atoms with van der Waals surface area (Å²) in [5, 5.41) is 12.7. The van der Waals surface area contributed by atoms with Crippen LogP contribution in [-0.4, -0.2) is 38.7 Å². The van der Waals surface area contributed by atoms with Gasteiger partial charge in [0.15, 0.2) is 5.82 Å².